The van der Waals surface area contributed by atoms with Crippen molar-refractivity contribution in [2.75, 3.05) is 37.5 Å². The van der Waals surface area contributed by atoms with E-state index in [2.05, 4.69) is 39.3 Å². The fourth-order valence-corrected chi connectivity index (χ4v) is 9.61. The van der Waals surface area contributed by atoms with Gasteiger partial charge in [-0.15, -0.1) is 17.5 Å². The van der Waals surface area contributed by atoms with Gasteiger partial charge in [0.05, 0.1) is 24.2 Å². The lowest BCUT2D eigenvalue weighted by molar-refractivity contribution is -0.117. The maximum absolute atomic E-state index is 13.7. The summed E-state index contributed by atoms with van der Waals surface area (Å²) >= 11 is 6.42. The van der Waals surface area contributed by atoms with Crippen LogP contribution in [0.1, 0.15) is 67.4 Å². The molecule has 1 fully saturated rings. The number of rotatable bonds is 11. The van der Waals surface area contributed by atoms with Gasteiger partial charge in [0.2, 0.25) is 5.91 Å². The lowest BCUT2D eigenvalue weighted by atomic mass is 9.68. The highest BCUT2D eigenvalue weighted by molar-refractivity contribution is 7.92. The predicted octanol–water partition coefficient (Wildman–Crippen LogP) is 6.91. The van der Waals surface area contributed by atoms with Crippen LogP contribution >= 0.6 is 11.6 Å². The summed E-state index contributed by atoms with van der Waals surface area (Å²) in [6, 6.07) is 11.5. The van der Waals surface area contributed by atoms with E-state index in [9.17, 15) is 13.8 Å². The minimum Gasteiger partial charge on any atom is -0.490 e. The van der Waals surface area contributed by atoms with Gasteiger partial charge in [-0.2, -0.15) is 0 Å². The van der Waals surface area contributed by atoms with E-state index >= 15 is 0 Å². The number of carbonyl (C=O) groups excluding carboxylic acids is 2. The molecular weight excluding hydrogens is 622 g/mol. The van der Waals surface area contributed by atoms with Crippen LogP contribution in [0.25, 0.3) is 0 Å². The Kier molecular flexibility index (Phi) is 10.6. The molecule has 2 aromatic rings. The number of aryl methyl sites for hydroxylation is 1. The Morgan fingerprint density at radius 2 is 2.07 bits per heavy atom. The molecule has 5 rings (SSSR count). The fourth-order valence-electron chi connectivity index (χ4n) is 7.48. The molecule has 248 valence electrons. The van der Waals surface area contributed by atoms with Gasteiger partial charge in [0.1, 0.15) is 15.7 Å². The molecule has 2 amide bonds. The normalized spacial score (nSPS) is 24.5. The molecule has 10 heteroatoms. The summed E-state index contributed by atoms with van der Waals surface area (Å²) in [6.45, 7) is 12.9. The van der Waals surface area contributed by atoms with Gasteiger partial charge in [-0.25, -0.2) is 4.21 Å². The Bertz CT molecular complexity index is 1620. The molecule has 1 saturated carbocycles. The van der Waals surface area contributed by atoms with Crippen molar-refractivity contribution < 1.29 is 23.3 Å². The summed E-state index contributed by atoms with van der Waals surface area (Å²) in [6.07, 6.45) is 9.28. The Morgan fingerprint density at radius 3 is 2.74 bits per heavy atom. The van der Waals surface area contributed by atoms with Crippen LogP contribution in [0.5, 0.6) is 5.75 Å². The number of halogens is 1. The largest absolute Gasteiger partial charge is 0.490 e. The lowest BCUT2D eigenvalue weighted by Gasteiger charge is -2.46. The molecule has 2 aromatic carbocycles. The summed E-state index contributed by atoms with van der Waals surface area (Å²) in [5.74, 6) is 0.226. The highest BCUT2D eigenvalue weighted by Crippen LogP contribution is 2.47. The van der Waals surface area contributed by atoms with Gasteiger partial charge in [0.15, 0.2) is 0 Å². The monoisotopic (exact) mass is 667 g/mol. The first-order chi connectivity index (χ1) is 22.0. The first kappa shape index (κ1) is 34.2. The average Bonchev–Trinajstić information content (AvgIpc) is 3.14. The summed E-state index contributed by atoms with van der Waals surface area (Å²) in [4.78, 5) is 28.0. The molecule has 1 spiro atoms. The number of allylic oxidation sites excluding steroid dienone is 1. The molecule has 0 aromatic heterocycles. The van der Waals surface area contributed by atoms with Crippen molar-refractivity contribution in [2.45, 2.75) is 63.9 Å². The topological polar surface area (TPSA) is 97.3 Å². The smallest absolute Gasteiger partial charge is 0.286 e. The molecule has 2 aliphatic carbocycles. The van der Waals surface area contributed by atoms with Gasteiger partial charge in [-0.3, -0.25) is 14.3 Å². The first-order valence-electron chi connectivity index (χ1n) is 16.1. The van der Waals surface area contributed by atoms with Crippen molar-refractivity contribution in [3.63, 3.8) is 0 Å². The molecule has 3 aliphatic rings. The van der Waals surface area contributed by atoms with Gasteiger partial charge < -0.3 is 14.4 Å². The van der Waals surface area contributed by atoms with Gasteiger partial charge >= 0.3 is 0 Å². The van der Waals surface area contributed by atoms with Crippen LogP contribution in [0.3, 0.4) is 0 Å². The third-order valence-electron chi connectivity index (χ3n) is 9.75. The number of anilines is 1. The van der Waals surface area contributed by atoms with Crippen molar-refractivity contribution >= 4 is 39.0 Å². The fraction of sp³-hybridized carbons (Fsp3) is 0.500. The summed E-state index contributed by atoms with van der Waals surface area (Å²) in [5.41, 5.74) is 3.37. The van der Waals surface area contributed by atoms with E-state index in [0.717, 1.165) is 49.4 Å². The maximum Gasteiger partial charge on any atom is 0.286 e. The quantitative estimate of drug-likeness (QED) is 0.262. The summed E-state index contributed by atoms with van der Waals surface area (Å²) < 4.78 is 32.7. The molecule has 46 heavy (non-hydrogen) atoms. The second-order valence-corrected chi connectivity index (χ2v) is 15.7. The minimum absolute atomic E-state index is 0.0231. The number of ether oxygens (including phenoxy) is 2. The van der Waals surface area contributed by atoms with Crippen LogP contribution in [-0.2, 0) is 31.3 Å². The highest BCUT2D eigenvalue weighted by atomic mass is 35.5. The van der Waals surface area contributed by atoms with Crippen molar-refractivity contribution in [1.82, 2.24) is 4.72 Å². The zero-order valence-electron chi connectivity index (χ0n) is 27.1. The molecule has 0 bridgehead atoms. The van der Waals surface area contributed by atoms with E-state index in [4.69, 9.17) is 21.1 Å². The number of amides is 2. The van der Waals surface area contributed by atoms with E-state index < -0.39 is 21.7 Å². The molecule has 6 atom stereocenters. The predicted molar refractivity (Wildman–Crippen MR) is 185 cm³/mol. The molecule has 1 heterocycles. The van der Waals surface area contributed by atoms with Crippen molar-refractivity contribution in [2.24, 2.45) is 22.1 Å². The highest BCUT2D eigenvalue weighted by Gasteiger charge is 2.44. The van der Waals surface area contributed by atoms with Crippen LogP contribution in [0, 0.1) is 17.8 Å². The van der Waals surface area contributed by atoms with Crippen LogP contribution in [0.15, 0.2) is 66.1 Å². The number of fused-ring (bicyclic) bond motifs is 3. The van der Waals surface area contributed by atoms with E-state index in [-0.39, 0.29) is 23.2 Å². The maximum atomic E-state index is 13.7. The molecule has 1 aliphatic heterocycles. The van der Waals surface area contributed by atoms with E-state index in [1.807, 2.05) is 31.2 Å². The molecule has 1 unspecified atom stereocenters. The van der Waals surface area contributed by atoms with Gasteiger partial charge in [0, 0.05) is 43.1 Å². The van der Waals surface area contributed by atoms with Crippen molar-refractivity contribution in [3.8, 4) is 5.75 Å². The number of carbonyl (C=O) groups is 2. The molecule has 1 N–H and O–H groups in total. The van der Waals surface area contributed by atoms with Crippen LogP contribution in [0.4, 0.5) is 5.69 Å². The number of nitrogens with one attached hydrogen (secondary N) is 1. The number of hydrogen-bond acceptors (Lipinski definition) is 6. The Morgan fingerprint density at radius 1 is 1.26 bits per heavy atom. The van der Waals surface area contributed by atoms with Crippen LogP contribution in [-0.4, -0.2) is 54.7 Å². The van der Waals surface area contributed by atoms with Gasteiger partial charge in [-0.1, -0.05) is 36.7 Å². The van der Waals surface area contributed by atoms with E-state index in [1.165, 1.54) is 18.1 Å². The van der Waals surface area contributed by atoms with Crippen LogP contribution < -0.4 is 14.4 Å². The van der Waals surface area contributed by atoms with Crippen LogP contribution in [0.2, 0.25) is 5.02 Å². The lowest BCUT2D eigenvalue weighted by Crippen LogP contribution is -2.49. The number of hydrogen-bond donors (Lipinski definition) is 1. The SMILES string of the molecule is C=CC[C@H](C)CS(=O)(=NC(=O)c1ccc2c(c1)N(C[C@@H]1CC[C@H]1[C@H](C=C)OC)C[C@@]1(CCCc3cc(Cl)ccc31)CO2)NC(C)=O. The first-order valence-corrected chi connectivity index (χ1v) is 18.2. The summed E-state index contributed by atoms with van der Waals surface area (Å²) in [7, 11) is -1.62. The van der Waals surface area contributed by atoms with Crippen molar-refractivity contribution in [1.29, 1.82) is 0 Å². The number of nitrogens with zero attached hydrogens (tertiary/aromatic N) is 2. The molecule has 0 radical (unpaired) electrons. The number of benzene rings is 2. The molecular formula is C36H46ClN3O5S. The van der Waals surface area contributed by atoms with Crippen molar-refractivity contribution in [3.05, 3.63) is 83.4 Å². The van der Waals surface area contributed by atoms with E-state index in [0.29, 0.717) is 42.7 Å². The third-order valence-corrected chi connectivity index (χ3v) is 12.1. The summed E-state index contributed by atoms with van der Waals surface area (Å²) in [5, 5.41) is 0.736. The number of methoxy groups -OCH3 is 1. The second-order valence-electron chi connectivity index (χ2n) is 13.2. The molecule has 8 nitrogen and oxygen atoms in total. The standard InChI is InChI=1S/C36H46ClN3O5S/c1-6-9-24(3)21-46(43,38-25(4)41)39-35(42)27-12-16-34-32(19-27)40(20-28-11-14-30(28)33(7-2)44-5)22-36(23-45-34)17-8-10-26-18-29(37)13-15-31(26)36/h6-7,12-13,15-16,18-19,24,28,30,33H,1-2,8-11,14,17,20-23H2,3-5H3,(H,38,39,41,42,43)/t24-,28-,30+,33-,36-,46?/m0/s1. The Labute approximate surface area is 278 Å². The zero-order valence-corrected chi connectivity index (χ0v) is 28.7. The zero-order chi connectivity index (χ0) is 33.1. The second kappa shape index (κ2) is 14.3. The minimum atomic E-state index is -3.35. The Balaban J connectivity index is 1.54. The average molecular weight is 668 g/mol. The third kappa shape index (κ3) is 7.37. The van der Waals surface area contributed by atoms with Gasteiger partial charge in [-0.05, 0) is 97.7 Å². The molecule has 0 saturated heterocycles. The Hall–Kier alpha value is -3.14. The van der Waals surface area contributed by atoms with Gasteiger partial charge in [0.25, 0.3) is 5.91 Å². The van der Waals surface area contributed by atoms with E-state index in [1.54, 1.807) is 19.3 Å².